The van der Waals surface area contributed by atoms with Crippen LogP contribution >= 0.6 is 0 Å². The van der Waals surface area contributed by atoms with Crippen LogP contribution in [0, 0.1) is 13.8 Å². The van der Waals surface area contributed by atoms with E-state index in [-0.39, 0.29) is 11.3 Å². The molecule has 5 nitrogen and oxygen atoms in total. The van der Waals surface area contributed by atoms with Crippen LogP contribution in [-0.4, -0.2) is 15.7 Å². The summed E-state index contributed by atoms with van der Waals surface area (Å²) in [7, 11) is 0. The van der Waals surface area contributed by atoms with Gasteiger partial charge in [0, 0.05) is 6.07 Å². The lowest BCUT2D eigenvalue weighted by molar-refractivity contribution is 0.0993. The first-order chi connectivity index (χ1) is 8.49. The zero-order chi connectivity index (χ0) is 13.3. The van der Waals surface area contributed by atoms with Gasteiger partial charge in [-0.1, -0.05) is 12.1 Å². The van der Waals surface area contributed by atoms with Crippen molar-refractivity contribution in [2.45, 2.75) is 13.8 Å². The van der Waals surface area contributed by atoms with Crippen LogP contribution in [0.2, 0.25) is 0 Å². The zero-order valence-electron chi connectivity index (χ0n) is 10.2. The summed E-state index contributed by atoms with van der Waals surface area (Å²) in [6, 6.07) is 8.66. The highest BCUT2D eigenvalue weighted by molar-refractivity contribution is 5.91. The fourth-order valence-corrected chi connectivity index (χ4v) is 1.73. The van der Waals surface area contributed by atoms with Crippen molar-refractivity contribution >= 4 is 5.91 Å². The van der Waals surface area contributed by atoms with Gasteiger partial charge in [0.15, 0.2) is 5.69 Å². The number of hydrogen-bond acceptors (Lipinski definition) is 3. The number of nitrogens with zero attached hydrogens (tertiary/aromatic N) is 2. The molecule has 0 radical (unpaired) electrons. The normalized spacial score (nSPS) is 10.3. The van der Waals surface area contributed by atoms with E-state index in [0.717, 1.165) is 5.56 Å². The van der Waals surface area contributed by atoms with Crippen LogP contribution in [0.4, 0.5) is 0 Å². The summed E-state index contributed by atoms with van der Waals surface area (Å²) < 4.78 is 1.18. The lowest BCUT2D eigenvalue weighted by Gasteiger charge is -2.08. The minimum Gasteiger partial charge on any atom is -0.364 e. The SMILES string of the molecule is Cc1cccc(-n2nc(C(N)=O)c(C)cc2=O)c1. The Kier molecular flexibility index (Phi) is 2.97. The van der Waals surface area contributed by atoms with E-state index in [1.807, 2.05) is 25.1 Å². The van der Waals surface area contributed by atoms with Crippen molar-refractivity contribution in [2.24, 2.45) is 5.73 Å². The van der Waals surface area contributed by atoms with E-state index in [9.17, 15) is 9.59 Å². The summed E-state index contributed by atoms with van der Waals surface area (Å²) in [5.41, 5.74) is 7.14. The molecule has 2 N–H and O–H groups in total. The molecule has 0 atom stereocenters. The molecule has 1 heterocycles. The van der Waals surface area contributed by atoms with Gasteiger partial charge in [0.1, 0.15) is 0 Å². The molecule has 0 bridgehead atoms. The summed E-state index contributed by atoms with van der Waals surface area (Å²) in [5, 5.41) is 4.01. The van der Waals surface area contributed by atoms with Crippen molar-refractivity contribution in [1.82, 2.24) is 9.78 Å². The Morgan fingerprint density at radius 3 is 2.61 bits per heavy atom. The molecule has 1 amide bonds. The van der Waals surface area contributed by atoms with Crippen molar-refractivity contribution in [3.8, 4) is 5.69 Å². The van der Waals surface area contributed by atoms with Gasteiger partial charge in [-0.15, -0.1) is 0 Å². The summed E-state index contributed by atoms with van der Waals surface area (Å²) in [6.45, 7) is 3.55. The highest BCUT2D eigenvalue weighted by atomic mass is 16.1. The van der Waals surface area contributed by atoms with Gasteiger partial charge >= 0.3 is 0 Å². The van der Waals surface area contributed by atoms with E-state index < -0.39 is 5.91 Å². The Morgan fingerprint density at radius 1 is 1.28 bits per heavy atom. The van der Waals surface area contributed by atoms with E-state index in [1.54, 1.807) is 13.0 Å². The van der Waals surface area contributed by atoms with E-state index in [1.165, 1.54) is 10.7 Å². The number of benzene rings is 1. The molecule has 2 rings (SSSR count). The van der Waals surface area contributed by atoms with Crippen molar-refractivity contribution in [3.63, 3.8) is 0 Å². The highest BCUT2D eigenvalue weighted by Crippen LogP contribution is 2.08. The number of carbonyl (C=O) groups excluding carboxylic acids is 1. The predicted molar refractivity (Wildman–Crippen MR) is 67.8 cm³/mol. The van der Waals surface area contributed by atoms with Crippen molar-refractivity contribution in [3.05, 3.63) is 57.5 Å². The average Bonchev–Trinajstić information content (AvgIpc) is 2.28. The molecule has 18 heavy (non-hydrogen) atoms. The molecular weight excluding hydrogens is 230 g/mol. The molecule has 0 saturated carbocycles. The van der Waals surface area contributed by atoms with E-state index in [4.69, 9.17) is 5.73 Å². The third kappa shape index (κ3) is 2.15. The lowest BCUT2D eigenvalue weighted by atomic mass is 10.2. The Hall–Kier alpha value is -2.43. The highest BCUT2D eigenvalue weighted by Gasteiger charge is 2.11. The molecule has 1 aromatic heterocycles. The monoisotopic (exact) mass is 243 g/mol. The fourth-order valence-electron chi connectivity index (χ4n) is 1.73. The number of rotatable bonds is 2. The number of nitrogens with two attached hydrogens (primary N) is 1. The van der Waals surface area contributed by atoms with E-state index in [0.29, 0.717) is 11.3 Å². The van der Waals surface area contributed by atoms with Crippen LogP contribution in [0.1, 0.15) is 21.6 Å². The number of aromatic nitrogens is 2. The largest absolute Gasteiger partial charge is 0.364 e. The van der Waals surface area contributed by atoms with E-state index in [2.05, 4.69) is 5.10 Å². The van der Waals surface area contributed by atoms with Crippen LogP contribution in [-0.2, 0) is 0 Å². The van der Waals surface area contributed by atoms with Gasteiger partial charge in [-0.25, -0.2) is 0 Å². The minimum absolute atomic E-state index is 0.108. The number of primary amides is 1. The molecular formula is C13H13N3O2. The Labute approximate surface area is 104 Å². The maximum atomic E-state index is 11.9. The number of hydrogen-bond donors (Lipinski definition) is 1. The van der Waals surface area contributed by atoms with Crippen LogP contribution in [0.25, 0.3) is 5.69 Å². The third-order valence-corrected chi connectivity index (χ3v) is 2.60. The number of amides is 1. The molecule has 0 aliphatic rings. The third-order valence-electron chi connectivity index (χ3n) is 2.60. The van der Waals surface area contributed by atoms with E-state index >= 15 is 0 Å². The topological polar surface area (TPSA) is 78.0 Å². The lowest BCUT2D eigenvalue weighted by Crippen LogP contribution is -2.26. The van der Waals surface area contributed by atoms with Gasteiger partial charge in [-0.3, -0.25) is 9.59 Å². The first-order valence-electron chi connectivity index (χ1n) is 5.47. The molecule has 0 fully saturated rings. The molecule has 1 aromatic carbocycles. The Bertz CT molecular complexity index is 674. The van der Waals surface area contributed by atoms with Gasteiger partial charge in [-0.05, 0) is 37.1 Å². The zero-order valence-corrected chi connectivity index (χ0v) is 10.2. The molecule has 92 valence electrons. The van der Waals surface area contributed by atoms with Crippen LogP contribution in [0.5, 0.6) is 0 Å². The van der Waals surface area contributed by atoms with Crippen molar-refractivity contribution in [1.29, 1.82) is 0 Å². The second-order valence-electron chi connectivity index (χ2n) is 4.13. The van der Waals surface area contributed by atoms with Crippen LogP contribution < -0.4 is 11.3 Å². The van der Waals surface area contributed by atoms with Crippen molar-refractivity contribution in [2.75, 3.05) is 0 Å². The molecule has 0 aliphatic carbocycles. The van der Waals surface area contributed by atoms with Crippen molar-refractivity contribution < 1.29 is 4.79 Å². The van der Waals surface area contributed by atoms with Gasteiger partial charge in [0.2, 0.25) is 0 Å². The predicted octanol–water partition coefficient (Wildman–Crippen LogP) is 0.948. The smallest absolute Gasteiger partial charge is 0.271 e. The summed E-state index contributed by atoms with van der Waals surface area (Å²) in [5.74, 6) is -0.645. The molecule has 0 unspecified atom stereocenters. The first-order valence-corrected chi connectivity index (χ1v) is 5.47. The maximum absolute atomic E-state index is 11.9. The minimum atomic E-state index is -0.645. The van der Waals surface area contributed by atoms with Gasteiger partial charge in [0.25, 0.3) is 11.5 Å². The average molecular weight is 243 g/mol. The molecule has 0 spiro atoms. The molecule has 5 heteroatoms. The van der Waals surface area contributed by atoms with Crippen LogP contribution in [0.15, 0.2) is 35.1 Å². The molecule has 0 aliphatic heterocycles. The second kappa shape index (κ2) is 4.44. The van der Waals surface area contributed by atoms with Gasteiger partial charge < -0.3 is 5.73 Å². The molecule has 0 saturated heterocycles. The number of carbonyl (C=O) groups is 1. The summed E-state index contributed by atoms with van der Waals surface area (Å²) in [4.78, 5) is 23.1. The fraction of sp³-hybridized carbons (Fsp3) is 0.154. The summed E-state index contributed by atoms with van der Waals surface area (Å²) >= 11 is 0. The quantitative estimate of drug-likeness (QED) is 0.852. The van der Waals surface area contributed by atoms with Crippen LogP contribution in [0.3, 0.4) is 0 Å². The summed E-state index contributed by atoms with van der Waals surface area (Å²) in [6.07, 6.45) is 0. The first kappa shape index (κ1) is 12.0. The Balaban J connectivity index is 2.68. The standard InChI is InChI=1S/C13H13N3O2/c1-8-4-3-5-10(6-8)16-11(17)7-9(2)12(15-16)13(14)18/h3-7H,1-2H3,(H2,14,18). The van der Waals surface area contributed by atoms with Gasteiger partial charge in [0.05, 0.1) is 5.69 Å². The molecule has 2 aromatic rings. The number of aryl methyl sites for hydroxylation is 2. The maximum Gasteiger partial charge on any atom is 0.271 e. The second-order valence-corrected chi connectivity index (χ2v) is 4.13. The Morgan fingerprint density at radius 2 is 2.00 bits per heavy atom. The van der Waals surface area contributed by atoms with Gasteiger partial charge in [-0.2, -0.15) is 9.78 Å².